The maximum absolute atomic E-state index is 11.1. The fourth-order valence-electron chi connectivity index (χ4n) is 2.49. The smallest absolute Gasteiger partial charge is 0.323 e. The van der Waals surface area contributed by atoms with E-state index < -0.39 is 11.3 Å². The molecule has 0 saturated heterocycles. The number of alkyl halides is 1. The van der Waals surface area contributed by atoms with Crippen LogP contribution in [0.4, 0.5) is 0 Å². The van der Waals surface area contributed by atoms with E-state index in [-0.39, 0.29) is 6.54 Å². The highest BCUT2D eigenvalue weighted by molar-refractivity contribution is 6.29. The number of fused-ring (bicyclic) bond motifs is 1. The van der Waals surface area contributed by atoms with Crippen molar-refractivity contribution in [3.8, 4) is 11.3 Å². The van der Waals surface area contributed by atoms with Gasteiger partial charge in [-0.15, -0.1) is 11.6 Å². The predicted octanol–water partition coefficient (Wildman–Crippen LogP) is 4.00. The van der Waals surface area contributed by atoms with E-state index in [1.165, 1.54) is 0 Å². The quantitative estimate of drug-likeness (QED) is 0.740. The maximum Gasteiger partial charge on any atom is 0.323 e. The summed E-state index contributed by atoms with van der Waals surface area (Å²) in [4.78, 5) is 11.1. The highest BCUT2D eigenvalue weighted by Gasteiger charge is 2.18. The lowest BCUT2D eigenvalue weighted by molar-refractivity contribution is -0.136. The first-order valence-electron chi connectivity index (χ1n) is 6.67. The van der Waals surface area contributed by atoms with Crippen LogP contribution in [-0.2, 0) is 11.3 Å². The molecule has 3 rings (SSSR count). The summed E-state index contributed by atoms with van der Waals surface area (Å²) in [6.45, 7) is 0.231. The number of nitrogens with zero attached hydrogens (tertiary/aromatic N) is 1. The Bertz CT molecular complexity index is 780. The summed E-state index contributed by atoms with van der Waals surface area (Å²) in [5.41, 5.74) is 3.01. The summed E-state index contributed by atoms with van der Waals surface area (Å²) >= 11 is 5.95. The molecule has 4 heteroatoms. The second-order valence-electron chi connectivity index (χ2n) is 4.87. The van der Waals surface area contributed by atoms with E-state index in [1.807, 2.05) is 59.2 Å². The summed E-state index contributed by atoms with van der Waals surface area (Å²) in [7, 11) is 0. The standard InChI is InChI=1S/C17H14ClNO2/c18-14(17(20)21)11-19-15-9-5-4-8-13(15)10-16(19)12-6-2-1-3-7-12/h1-10,14H,11H2,(H,20,21). The van der Waals surface area contributed by atoms with E-state index in [9.17, 15) is 4.79 Å². The number of aliphatic carboxylic acids is 1. The molecule has 1 N–H and O–H groups in total. The van der Waals surface area contributed by atoms with Crippen LogP contribution in [0.5, 0.6) is 0 Å². The third kappa shape index (κ3) is 2.65. The Labute approximate surface area is 127 Å². The molecule has 1 aromatic heterocycles. The van der Waals surface area contributed by atoms with Gasteiger partial charge in [0.2, 0.25) is 0 Å². The minimum absolute atomic E-state index is 0.231. The number of para-hydroxylation sites is 1. The van der Waals surface area contributed by atoms with E-state index in [2.05, 4.69) is 6.07 Å². The molecule has 0 amide bonds. The van der Waals surface area contributed by atoms with Gasteiger partial charge in [0.1, 0.15) is 5.38 Å². The van der Waals surface area contributed by atoms with Gasteiger partial charge in [-0.25, -0.2) is 0 Å². The van der Waals surface area contributed by atoms with Crippen molar-refractivity contribution >= 4 is 28.5 Å². The number of carboxylic acids is 1. The molecule has 0 spiro atoms. The van der Waals surface area contributed by atoms with Crippen LogP contribution in [0.1, 0.15) is 0 Å². The van der Waals surface area contributed by atoms with Crippen LogP contribution < -0.4 is 0 Å². The average Bonchev–Trinajstić information content (AvgIpc) is 2.87. The summed E-state index contributed by atoms with van der Waals surface area (Å²) in [5, 5.41) is 9.19. The molecule has 3 nitrogen and oxygen atoms in total. The van der Waals surface area contributed by atoms with Crippen molar-refractivity contribution in [1.82, 2.24) is 4.57 Å². The van der Waals surface area contributed by atoms with Crippen LogP contribution in [0, 0.1) is 0 Å². The Hall–Kier alpha value is -2.26. The Balaban J connectivity index is 2.17. The fraction of sp³-hybridized carbons (Fsp3) is 0.118. The Kier molecular flexibility index (Phi) is 3.67. The largest absolute Gasteiger partial charge is 0.480 e. The van der Waals surface area contributed by atoms with E-state index in [1.54, 1.807) is 0 Å². The monoisotopic (exact) mass is 299 g/mol. The fourth-order valence-corrected chi connectivity index (χ4v) is 2.63. The number of benzene rings is 2. The molecule has 0 fully saturated rings. The van der Waals surface area contributed by atoms with E-state index in [4.69, 9.17) is 16.7 Å². The van der Waals surface area contributed by atoms with Gasteiger partial charge in [0, 0.05) is 16.6 Å². The number of hydrogen-bond acceptors (Lipinski definition) is 1. The zero-order valence-electron chi connectivity index (χ0n) is 11.2. The molecule has 1 atom stereocenters. The second kappa shape index (κ2) is 5.62. The van der Waals surface area contributed by atoms with Crippen molar-refractivity contribution in [3.63, 3.8) is 0 Å². The van der Waals surface area contributed by atoms with Crippen molar-refractivity contribution in [1.29, 1.82) is 0 Å². The number of hydrogen-bond donors (Lipinski definition) is 1. The van der Waals surface area contributed by atoms with Crippen molar-refractivity contribution in [2.75, 3.05) is 0 Å². The molecule has 2 aromatic carbocycles. The van der Waals surface area contributed by atoms with Crippen LogP contribution in [0.3, 0.4) is 0 Å². The summed E-state index contributed by atoms with van der Waals surface area (Å²) in [6, 6.07) is 19.9. The van der Waals surface area contributed by atoms with E-state index >= 15 is 0 Å². The van der Waals surface area contributed by atoms with Crippen LogP contribution in [-0.4, -0.2) is 21.0 Å². The minimum Gasteiger partial charge on any atom is -0.480 e. The molecule has 0 aliphatic rings. The van der Waals surface area contributed by atoms with Gasteiger partial charge in [-0.2, -0.15) is 0 Å². The third-order valence-electron chi connectivity index (χ3n) is 3.49. The molecule has 106 valence electrons. The molecule has 0 aliphatic carbocycles. The number of halogens is 1. The van der Waals surface area contributed by atoms with E-state index in [0.717, 1.165) is 22.2 Å². The highest BCUT2D eigenvalue weighted by atomic mass is 35.5. The molecule has 1 heterocycles. The zero-order chi connectivity index (χ0) is 14.8. The Morgan fingerprint density at radius 2 is 1.76 bits per heavy atom. The number of carboxylic acid groups (broad SMARTS) is 1. The van der Waals surface area contributed by atoms with Crippen molar-refractivity contribution in [3.05, 3.63) is 60.7 Å². The molecule has 0 radical (unpaired) electrons. The molecule has 3 aromatic rings. The lowest BCUT2D eigenvalue weighted by Gasteiger charge is -2.12. The van der Waals surface area contributed by atoms with Gasteiger partial charge < -0.3 is 9.67 Å². The van der Waals surface area contributed by atoms with Crippen LogP contribution in [0.25, 0.3) is 22.2 Å². The first kappa shape index (κ1) is 13.7. The minimum atomic E-state index is -1.01. The zero-order valence-corrected chi connectivity index (χ0v) is 12.0. The number of aromatic nitrogens is 1. The van der Waals surface area contributed by atoms with Gasteiger partial charge in [-0.1, -0.05) is 48.5 Å². The summed E-state index contributed by atoms with van der Waals surface area (Å²) in [5.74, 6) is -1.01. The first-order chi connectivity index (χ1) is 10.2. The lowest BCUT2D eigenvalue weighted by atomic mass is 10.1. The van der Waals surface area contributed by atoms with Crippen LogP contribution in [0.2, 0.25) is 0 Å². The van der Waals surface area contributed by atoms with Gasteiger partial charge >= 0.3 is 5.97 Å². The van der Waals surface area contributed by atoms with Gasteiger partial charge in [-0.05, 0) is 17.7 Å². The molecule has 0 aliphatic heterocycles. The van der Waals surface area contributed by atoms with Crippen LogP contribution in [0.15, 0.2) is 60.7 Å². The molecule has 1 unspecified atom stereocenters. The Morgan fingerprint density at radius 3 is 2.48 bits per heavy atom. The normalized spacial score (nSPS) is 12.4. The third-order valence-corrected chi connectivity index (χ3v) is 3.82. The molecular weight excluding hydrogens is 286 g/mol. The Morgan fingerprint density at radius 1 is 1.10 bits per heavy atom. The van der Waals surface area contributed by atoms with Gasteiger partial charge in [-0.3, -0.25) is 4.79 Å². The molecule has 0 saturated carbocycles. The topological polar surface area (TPSA) is 42.2 Å². The lowest BCUT2D eigenvalue weighted by Crippen LogP contribution is -2.20. The average molecular weight is 300 g/mol. The van der Waals surface area contributed by atoms with Crippen molar-refractivity contribution < 1.29 is 9.90 Å². The molecule has 0 bridgehead atoms. The van der Waals surface area contributed by atoms with Gasteiger partial charge in [0.25, 0.3) is 0 Å². The first-order valence-corrected chi connectivity index (χ1v) is 7.11. The van der Waals surface area contributed by atoms with Crippen LogP contribution >= 0.6 is 11.6 Å². The summed E-state index contributed by atoms with van der Waals surface area (Å²) < 4.78 is 1.97. The maximum atomic E-state index is 11.1. The second-order valence-corrected chi connectivity index (χ2v) is 5.40. The van der Waals surface area contributed by atoms with Crippen molar-refractivity contribution in [2.45, 2.75) is 11.9 Å². The molecular formula is C17H14ClNO2. The SMILES string of the molecule is O=C(O)C(Cl)Cn1c(-c2ccccc2)cc2ccccc21. The highest BCUT2D eigenvalue weighted by Crippen LogP contribution is 2.28. The predicted molar refractivity (Wildman–Crippen MR) is 84.7 cm³/mol. The van der Waals surface area contributed by atoms with E-state index in [0.29, 0.717) is 0 Å². The van der Waals surface area contributed by atoms with Gasteiger partial charge in [0.05, 0.1) is 6.54 Å². The number of rotatable bonds is 4. The van der Waals surface area contributed by atoms with Gasteiger partial charge in [0.15, 0.2) is 0 Å². The number of carbonyl (C=O) groups is 1. The molecule has 21 heavy (non-hydrogen) atoms. The van der Waals surface area contributed by atoms with Crippen molar-refractivity contribution in [2.24, 2.45) is 0 Å². The summed E-state index contributed by atoms with van der Waals surface area (Å²) in [6.07, 6.45) is 0.